The SMILES string of the molecule is C1CC1.Cc1cc(CNC2=C(Nc3cccc(C(=O)N(C)C)c3O)C(=O)C2)on1. The topological polar surface area (TPSA) is 108 Å². The highest BCUT2D eigenvalue weighted by Gasteiger charge is 2.28. The molecule has 2 aromatic rings. The summed E-state index contributed by atoms with van der Waals surface area (Å²) < 4.78 is 5.12. The first kappa shape index (κ1) is 20.4. The van der Waals surface area contributed by atoms with E-state index in [1.165, 1.54) is 30.2 Å². The van der Waals surface area contributed by atoms with Crippen LogP contribution in [-0.2, 0) is 11.3 Å². The molecule has 0 atom stereocenters. The zero-order chi connectivity index (χ0) is 21.0. The van der Waals surface area contributed by atoms with Crippen molar-refractivity contribution in [1.82, 2.24) is 15.4 Å². The van der Waals surface area contributed by atoms with Crippen molar-refractivity contribution in [2.75, 3.05) is 19.4 Å². The Morgan fingerprint density at radius 1 is 1.28 bits per heavy atom. The summed E-state index contributed by atoms with van der Waals surface area (Å²) in [5.74, 6) is 0.0721. The fourth-order valence-electron chi connectivity index (χ4n) is 2.58. The minimum absolute atomic E-state index is 0.0787. The highest BCUT2D eigenvalue weighted by Crippen LogP contribution is 2.32. The first-order valence-electron chi connectivity index (χ1n) is 9.60. The van der Waals surface area contributed by atoms with Crippen molar-refractivity contribution in [2.24, 2.45) is 0 Å². The Kier molecular flexibility index (Phi) is 6.21. The van der Waals surface area contributed by atoms with Crippen LogP contribution in [0.1, 0.15) is 47.5 Å². The van der Waals surface area contributed by atoms with Gasteiger partial charge in [0.15, 0.2) is 17.3 Å². The number of amides is 1. The third kappa shape index (κ3) is 5.16. The molecule has 0 bridgehead atoms. The largest absolute Gasteiger partial charge is 0.505 e. The highest BCUT2D eigenvalue weighted by molar-refractivity contribution is 6.07. The van der Waals surface area contributed by atoms with Crippen molar-refractivity contribution in [3.05, 3.63) is 52.7 Å². The molecule has 0 saturated heterocycles. The van der Waals surface area contributed by atoms with E-state index >= 15 is 0 Å². The van der Waals surface area contributed by atoms with E-state index in [1.54, 1.807) is 26.2 Å². The van der Waals surface area contributed by atoms with Crippen LogP contribution >= 0.6 is 0 Å². The Labute approximate surface area is 169 Å². The zero-order valence-electron chi connectivity index (χ0n) is 16.9. The number of nitrogens with one attached hydrogen (secondary N) is 2. The fourth-order valence-corrected chi connectivity index (χ4v) is 2.58. The number of hydrogen-bond donors (Lipinski definition) is 3. The Bertz CT molecular complexity index is 941. The molecule has 29 heavy (non-hydrogen) atoms. The van der Waals surface area contributed by atoms with E-state index in [-0.39, 0.29) is 29.4 Å². The molecular formula is C21H26N4O4. The molecule has 8 nitrogen and oxygen atoms in total. The van der Waals surface area contributed by atoms with Crippen molar-refractivity contribution >= 4 is 17.4 Å². The molecular weight excluding hydrogens is 372 g/mol. The van der Waals surface area contributed by atoms with Crippen LogP contribution in [0.4, 0.5) is 5.69 Å². The molecule has 1 aromatic heterocycles. The normalized spacial score (nSPS) is 14.5. The van der Waals surface area contributed by atoms with Gasteiger partial charge in [-0.05, 0) is 19.1 Å². The third-order valence-electron chi connectivity index (χ3n) is 4.36. The molecule has 0 spiro atoms. The van der Waals surface area contributed by atoms with E-state index in [0.717, 1.165) is 5.69 Å². The molecule has 3 N–H and O–H groups in total. The number of carbonyl (C=O) groups excluding carboxylic acids is 2. The number of aryl methyl sites for hydroxylation is 1. The maximum Gasteiger partial charge on any atom is 0.257 e. The van der Waals surface area contributed by atoms with Gasteiger partial charge < -0.3 is 25.2 Å². The lowest BCUT2D eigenvalue weighted by Gasteiger charge is -2.25. The van der Waals surface area contributed by atoms with Crippen molar-refractivity contribution in [3.8, 4) is 5.75 Å². The minimum Gasteiger partial charge on any atom is -0.505 e. The van der Waals surface area contributed by atoms with Gasteiger partial charge in [-0.25, -0.2) is 0 Å². The van der Waals surface area contributed by atoms with Crippen LogP contribution in [0.5, 0.6) is 5.75 Å². The average molecular weight is 398 g/mol. The molecule has 1 amide bonds. The summed E-state index contributed by atoms with van der Waals surface area (Å²) in [6, 6.07) is 6.60. The summed E-state index contributed by atoms with van der Waals surface area (Å²) in [7, 11) is 3.21. The highest BCUT2D eigenvalue weighted by atomic mass is 16.5. The Hall–Kier alpha value is -3.29. The summed E-state index contributed by atoms with van der Waals surface area (Å²) in [6.45, 7) is 2.23. The number of benzene rings is 1. The monoisotopic (exact) mass is 398 g/mol. The van der Waals surface area contributed by atoms with Gasteiger partial charge in [0, 0.05) is 25.9 Å². The smallest absolute Gasteiger partial charge is 0.257 e. The molecule has 1 saturated carbocycles. The van der Waals surface area contributed by atoms with Gasteiger partial charge in [0.1, 0.15) is 5.70 Å². The lowest BCUT2D eigenvalue weighted by molar-refractivity contribution is -0.116. The number of hydrogen-bond acceptors (Lipinski definition) is 7. The van der Waals surface area contributed by atoms with Crippen molar-refractivity contribution in [2.45, 2.75) is 39.2 Å². The van der Waals surface area contributed by atoms with Crippen LogP contribution in [-0.4, -0.2) is 40.9 Å². The van der Waals surface area contributed by atoms with E-state index < -0.39 is 0 Å². The van der Waals surface area contributed by atoms with Gasteiger partial charge in [-0.1, -0.05) is 30.5 Å². The molecule has 1 fully saturated rings. The van der Waals surface area contributed by atoms with E-state index in [9.17, 15) is 14.7 Å². The van der Waals surface area contributed by atoms with Gasteiger partial charge in [-0.3, -0.25) is 9.59 Å². The average Bonchev–Trinajstić information content (AvgIpc) is 3.52. The molecule has 1 aromatic carbocycles. The van der Waals surface area contributed by atoms with E-state index in [2.05, 4.69) is 15.8 Å². The number of ketones is 1. The first-order chi connectivity index (χ1) is 13.9. The summed E-state index contributed by atoms with van der Waals surface area (Å²) in [6.07, 6.45) is 4.77. The predicted molar refractivity (Wildman–Crippen MR) is 108 cm³/mol. The third-order valence-corrected chi connectivity index (χ3v) is 4.36. The van der Waals surface area contributed by atoms with Crippen molar-refractivity contribution in [3.63, 3.8) is 0 Å². The number of Topliss-reactive ketones (excluding diaryl/α,β-unsaturated/α-hetero) is 1. The molecule has 8 heteroatoms. The number of aromatic nitrogens is 1. The second-order valence-electron chi connectivity index (χ2n) is 7.33. The first-order valence-corrected chi connectivity index (χ1v) is 9.60. The van der Waals surface area contributed by atoms with Crippen LogP contribution in [0, 0.1) is 6.92 Å². The number of carbonyl (C=O) groups is 2. The van der Waals surface area contributed by atoms with Crippen molar-refractivity contribution < 1.29 is 19.2 Å². The van der Waals surface area contributed by atoms with Gasteiger partial charge in [-0.2, -0.15) is 0 Å². The van der Waals surface area contributed by atoms with Gasteiger partial charge in [0.2, 0.25) is 0 Å². The second kappa shape index (κ2) is 8.81. The number of allylic oxidation sites excluding steroid dienone is 2. The molecule has 1 heterocycles. The number of rotatable bonds is 6. The van der Waals surface area contributed by atoms with Gasteiger partial charge in [-0.15, -0.1) is 0 Å². The summed E-state index contributed by atoms with van der Waals surface area (Å²) in [4.78, 5) is 25.4. The van der Waals surface area contributed by atoms with Crippen molar-refractivity contribution in [1.29, 1.82) is 0 Å². The van der Waals surface area contributed by atoms with Crippen LogP contribution in [0.2, 0.25) is 0 Å². The molecule has 2 aliphatic rings. The number of para-hydroxylation sites is 1. The van der Waals surface area contributed by atoms with Crippen LogP contribution < -0.4 is 10.6 Å². The number of anilines is 1. The summed E-state index contributed by atoms with van der Waals surface area (Å²) in [5, 5.41) is 20.2. The fraction of sp³-hybridized carbons (Fsp3) is 0.381. The Morgan fingerprint density at radius 3 is 2.55 bits per heavy atom. The Morgan fingerprint density at radius 2 is 2.00 bits per heavy atom. The number of aromatic hydroxyl groups is 1. The molecule has 154 valence electrons. The lowest BCUT2D eigenvalue weighted by Crippen LogP contribution is -2.32. The van der Waals surface area contributed by atoms with E-state index in [1.807, 2.05) is 13.0 Å². The van der Waals surface area contributed by atoms with Gasteiger partial charge in [0.05, 0.1) is 29.9 Å². The second-order valence-corrected chi connectivity index (χ2v) is 7.33. The summed E-state index contributed by atoms with van der Waals surface area (Å²) >= 11 is 0. The number of phenolic OH excluding ortho intramolecular Hbond substituents is 1. The standard InChI is InChI=1S/C18H20N4O4.C3H6/c1-10-7-11(26-21-10)9-19-14-8-15(23)16(14)20-13-6-4-5-12(17(13)24)18(25)22(2)3;1-2-3-1/h4-7,19-20,24H,8-9H2,1-3H3;1-3H2. The molecule has 2 aliphatic carbocycles. The molecule has 0 unspecified atom stereocenters. The Balaban J connectivity index is 0.000000732. The molecule has 4 rings (SSSR count). The van der Waals surface area contributed by atoms with Crippen LogP contribution in [0.25, 0.3) is 0 Å². The number of phenols is 1. The maximum absolute atomic E-state index is 12.1. The van der Waals surface area contributed by atoms with E-state index in [4.69, 9.17) is 4.52 Å². The minimum atomic E-state index is -0.320. The van der Waals surface area contributed by atoms with Gasteiger partial charge in [0.25, 0.3) is 5.91 Å². The molecule has 0 aliphatic heterocycles. The lowest BCUT2D eigenvalue weighted by atomic mass is 9.98. The number of nitrogens with zero attached hydrogens (tertiary/aromatic N) is 2. The zero-order valence-corrected chi connectivity index (χ0v) is 16.9. The van der Waals surface area contributed by atoms with Gasteiger partial charge >= 0.3 is 0 Å². The van der Waals surface area contributed by atoms with E-state index in [0.29, 0.717) is 29.4 Å². The maximum atomic E-state index is 12.1. The summed E-state index contributed by atoms with van der Waals surface area (Å²) in [5.41, 5.74) is 2.33. The van der Waals surface area contributed by atoms with Crippen LogP contribution in [0.3, 0.4) is 0 Å². The quantitative estimate of drug-likeness (QED) is 0.642. The molecule has 0 radical (unpaired) electrons. The predicted octanol–water partition coefficient (Wildman–Crippen LogP) is 2.95. The van der Waals surface area contributed by atoms with Crippen LogP contribution in [0.15, 0.2) is 40.2 Å².